The van der Waals surface area contributed by atoms with Gasteiger partial charge in [0.25, 0.3) is 0 Å². The first-order chi connectivity index (χ1) is 7.16. The van der Waals surface area contributed by atoms with Crippen LogP contribution in [0.25, 0.3) is 10.9 Å². The fourth-order valence-corrected chi connectivity index (χ4v) is 1.59. The van der Waals surface area contributed by atoms with Gasteiger partial charge in [-0.3, -0.25) is 9.48 Å². The van der Waals surface area contributed by atoms with Crippen LogP contribution in [0.15, 0.2) is 24.4 Å². The molecular formula is C11H13N3O. The monoisotopic (exact) mass is 203 g/mol. The SMILES string of the molecule is CC(=O)NCc1cccc2cn(C)nc12. The maximum Gasteiger partial charge on any atom is 0.217 e. The van der Waals surface area contributed by atoms with Crippen molar-refractivity contribution < 1.29 is 4.79 Å². The molecule has 0 spiro atoms. The van der Waals surface area contributed by atoms with Crippen LogP contribution in [0.1, 0.15) is 12.5 Å². The van der Waals surface area contributed by atoms with Crippen molar-refractivity contribution in [2.75, 3.05) is 0 Å². The minimum atomic E-state index is -0.0251. The van der Waals surface area contributed by atoms with Crippen LogP contribution in [0, 0.1) is 0 Å². The lowest BCUT2D eigenvalue weighted by atomic mass is 10.1. The Balaban J connectivity index is 2.37. The van der Waals surface area contributed by atoms with Gasteiger partial charge in [0.15, 0.2) is 0 Å². The van der Waals surface area contributed by atoms with E-state index in [2.05, 4.69) is 10.4 Å². The Morgan fingerprint density at radius 3 is 3.07 bits per heavy atom. The fourth-order valence-electron chi connectivity index (χ4n) is 1.59. The van der Waals surface area contributed by atoms with Gasteiger partial charge in [-0.25, -0.2) is 0 Å². The van der Waals surface area contributed by atoms with Crippen LogP contribution in [0.5, 0.6) is 0 Å². The number of rotatable bonds is 2. The van der Waals surface area contributed by atoms with E-state index in [1.54, 1.807) is 4.68 Å². The Morgan fingerprint density at radius 1 is 1.53 bits per heavy atom. The Morgan fingerprint density at radius 2 is 2.33 bits per heavy atom. The lowest BCUT2D eigenvalue weighted by Gasteiger charge is -2.02. The van der Waals surface area contributed by atoms with Crippen LogP contribution in [0.3, 0.4) is 0 Å². The van der Waals surface area contributed by atoms with Crippen molar-refractivity contribution in [1.29, 1.82) is 0 Å². The molecule has 1 heterocycles. The molecule has 0 radical (unpaired) electrons. The van der Waals surface area contributed by atoms with Gasteiger partial charge in [0.05, 0.1) is 5.52 Å². The lowest BCUT2D eigenvalue weighted by molar-refractivity contribution is -0.119. The number of hydrogen-bond acceptors (Lipinski definition) is 2. The van der Waals surface area contributed by atoms with Crippen LogP contribution in [0.4, 0.5) is 0 Å². The van der Waals surface area contributed by atoms with Crippen LogP contribution in [-0.4, -0.2) is 15.7 Å². The molecule has 0 saturated heterocycles. The van der Waals surface area contributed by atoms with Gasteiger partial charge in [0.2, 0.25) is 5.91 Å². The third-order valence-electron chi connectivity index (χ3n) is 2.26. The summed E-state index contributed by atoms with van der Waals surface area (Å²) in [5.74, 6) is -0.0251. The van der Waals surface area contributed by atoms with Crippen molar-refractivity contribution in [3.05, 3.63) is 30.0 Å². The molecule has 2 aromatic rings. The largest absolute Gasteiger partial charge is 0.352 e. The van der Waals surface area contributed by atoms with Gasteiger partial charge < -0.3 is 5.32 Å². The molecule has 0 fully saturated rings. The number of aromatic nitrogens is 2. The molecular weight excluding hydrogens is 190 g/mol. The molecule has 0 unspecified atom stereocenters. The average Bonchev–Trinajstić information content (AvgIpc) is 2.55. The molecule has 0 aliphatic carbocycles. The van der Waals surface area contributed by atoms with Crippen molar-refractivity contribution >= 4 is 16.8 Å². The number of nitrogens with one attached hydrogen (secondary N) is 1. The molecule has 78 valence electrons. The molecule has 1 amide bonds. The molecule has 0 aliphatic heterocycles. The van der Waals surface area contributed by atoms with Crippen LogP contribution in [-0.2, 0) is 18.4 Å². The van der Waals surface area contributed by atoms with Gasteiger partial charge in [-0.1, -0.05) is 18.2 Å². The zero-order valence-electron chi connectivity index (χ0n) is 8.82. The Hall–Kier alpha value is -1.84. The summed E-state index contributed by atoms with van der Waals surface area (Å²) < 4.78 is 1.78. The van der Waals surface area contributed by atoms with E-state index in [-0.39, 0.29) is 5.91 Å². The number of carbonyl (C=O) groups excluding carboxylic acids is 1. The molecule has 1 N–H and O–H groups in total. The normalized spacial score (nSPS) is 10.5. The summed E-state index contributed by atoms with van der Waals surface area (Å²) in [6, 6.07) is 5.96. The summed E-state index contributed by atoms with van der Waals surface area (Å²) in [4.78, 5) is 10.8. The van der Waals surface area contributed by atoms with Crippen molar-refractivity contribution in [3.63, 3.8) is 0 Å². The van der Waals surface area contributed by atoms with E-state index >= 15 is 0 Å². The molecule has 2 rings (SSSR count). The third-order valence-corrected chi connectivity index (χ3v) is 2.26. The van der Waals surface area contributed by atoms with Crippen LogP contribution in [0.2, 0.25) is 0 Å². The van der Waals surface area contributed by atoms with E-state index < -0.39 is 0 Å². The number of hydrogen-bond donors (Lipinski definition) is 1. The Bertz CT molecular complexity index is 502. The topological polar surface area (TPSA) is 46.9 Å². The maximum atomic E-state index is 10.8. The quantitative estimate of drug-likeness (QED) is 0.797. The molecule has 4 nitrogen and oxygen atoms in total. The zero-order chi connectivity index (χ0) is 10.8. The number of aryl methyl sites for hydroxylation is 1. The van der Waals surface area contributed by atoms with Gasteiger partial charge in [-0.15, -0.1) is 0 Å². The molecule has 1 aromatic carbocycles. The molecule has 4 heteroatoms. The molecule has 0 bridgehead atoms. The standard InChI is InChI=1S/C11H13N3O/c1-8(15)12-6-9-4-3-5-10-7-14(2)13-11(9)10/h3-5,7H,6H2,1-2H3,(H,12,15). The van der Waals surface area contributed by atoms with E-state index in [9.17, 15) is 4.79 Å². The lowest BCUT2D eigenvalue weighted by Crippen LogP contribution is -2.19. The smallest absolute Gasteiger partial charge is 0.217 e. The molecule has 0 atom stereocenters. The zero-order valence-corrected chi connectivity index (χ0v) is 8.82. The summed E-state index contributed by atoms with van der Waals surface area (Å²) in [6.45, 7) is 2.04. The molecule has 1 aromatic heterocycles. The van der Waals surface area contributed by atoms with Crippen LogP contribution >= 0.6 is 0 Å². The summed E-state index contributed by atoms with van der Waals surface area (Å²) >= 11 is 0. The highest BCUT2D eigenvalue weighted by molar-refractivity contribution is 5.82. The first-order valence-corrected chi connectivity index (χ1v) is 4.82. The summed E-state index contributed by atoms with van der Waals surface area (Å²) in [7, 11) is 1.89. The number of carbonyl (C=O) groups is 1. The third kappa shape index (κ3) is 1.98. The van der Waals surface area contributed by atoms with E-state index in [4.69, 9.17) is 0 Å². The predicted molar refractivity (Wildman–Crippen MR) is 58.2 cm³/mol. The summed E-state index contributed by atoms with van der Waals surface area (Å²) in [5.41, 5.74) is 2.00. The highest BCUT2D eigenvalue weighted by Crippen LogP contribution is 2.16. The average molecular weight is 203 g/mol. The van der Waals surface area contributed by atoms with Gasteiger partial charge in [0, 0.05) is 32.1 Å². The Kier molecular flexibility index (Phi) is 2.41. The second kappa shape index (κ2) is 3.73. The summed E-state index contributed by atoms with van der Waals surface area (Å²) in [6.07, 6.45) is 1.96. The number of benzene rings is 1. The Labute approximate surface area is 87.9 Å². The molecule has 15 heavy (non-hydrogen) atoms. The number of fused-ring (bicyclic) bond motifs is 1. The fraction of sp³-hybridized carbons (Fsp3) is 0.273. The number of nitrogens with zero attached hydrogens (tertiary/aromatic N) is 2. The highest BCUT2D eigenvalue weighted by Gasteiger charge is 2.04. The predicted octanol–water partition coefficient (Wildman–Crippen LogP) is 1.21. The minimum absolute atomic E-state index is 0.0251. The summed E-state index contributed by atoms with van der Waals surface area (Å²) in [5, 5.41) is 8.23. The van der Waals surface area contributed by atoms with Crippen molar-refractivity contribution in [3.8, 4) is 0 Å². The van der Waals surface area contributed by atoms with Crippen molar-refractivity contribution in [2.24, 2.45) is 7.05 Å². The first-order valence-electron chi connectivity index (χ1n) is 4.82. The van der Waals surface area contributed by atoms with Gasteiger partial charge in [-0.05, 0) is 5.56 Å². The maximum absolute atomic E-state index is 10.8. The van der Waals surface area contributed by atoms with Crippen LogP contribution < -0.4 is 5.32 Å². The van der Waals surface area contributed by atoms with E-state index in [0.717, 1.165) is 16.5 Å². The number of amides is 1. The van der Waals surface area contributed by atoms with E-state index in [0.29, 0.717) is 6.54 Å². The van der Waals surface area contributed by atoms with Gasteiger partial charge in [-0.2, -0.15) is 5.10 Å². The van der Waals surface area contributed by atoms with Gasteiger partial charge >= 0.3 is 0 Å². The van der Waals surface area contributed by atoms with Gasteiger partial charge in [0.1, 0.15) is 0 Å². The first kappa shape index (κ1) is 9.71. The second-order valence-electron chi connectivity index (χ2n) is 3.57. The van der Waals surface area contributed by atoms with Crippen molar-refractivity contribution in [1.82, 2.24) is 15.1 Å². The second-order valence-corrected chi connectivity index (χ2v) is 3.57. The highest BCUT2D eigenvalue weighted by atomic mass is 16.1. The molecule has 0 saturated carbocycles. The van der Waals surface area contributed by atoms with E-state index in [1.807, 2.05) is 31.4 Å². The molecule has 0 aliphatic rings. The van der Waals surface area contributed by atoms with E-state index in [1.165, 1.54) is 6.92 Å². The van der Waals surface area contributed by atoms with Crippen molar-refractivity contribution in [2.45, 2.75) is 13.5 Å². The minimum Gasteiger partial charge on any atom is -0.352 e.